The van der Waals surface area contributed by atoms with Gasteiger partial charge in [-0.2, -0.15) is 5.10 Å². The maximum Gasteiger partial charge on any atom is 0.273 e. The number of fused-ring (bicyclic) bond motifs is 1. The molecule has 0 amide bonds. The monoisotopic (exact) mass is 363 g/mol. The van der Waals surface area contributed by atoms with Gasteiger partial charge in [-0.15, -0.1) is 0 Å². The number of hydrogen-bond donors (Lipinski definition) is 1. The summed E-state index contributed by atoms with van der Waals surface area (Å²) < 4.78 is 20.8. The van der Waals surface area contributed by atoms with Gasteiger partial charge in [-0.1, -0.05) is 42.5 Å². The second-order valence-electron chi connectivity index (χ2n) is 6.35. The Balaban J connectivity index is 1.60. The van der Waals surface area contributed by atoms with E-state index < -0.39 is 0 Å². The molecular weight excluding hydrogens is 345 g/mol. The molecule has 0 radical (unpaired) electrons. The van der Waals surface area contributed by atoms with Crippen molar-refractivity contribution >= 4 is 10.9 Å². The zero-order valence-electron chi connectivity index (χ0n) is 14.6. The van der Waals surface area contributed by atoms with Gasteiger partial charge >= 0.3 is 0 Å². The first kappa shape index (κ1) is 17.2. The molecule has 27 heavy (non-hydrogen) atoms. The molecule has 136 valence electrons. The summed E-state index contributed by atoms with van der Waals surface area (Å²) in [6.07, 6.45) is 4.04. The van der Waals surface area contributed by atoms with Crippen molar-refractivity contribution in [1.82, 2.24) is 14.8 Å². The molecule has 0 saturated heterocycles. The number of H-pyrrole nitrogens is 1. The average molecular weight is 363 g/mol. The normalized spacial score (nSPS) is 11.1. The summed E-state index contributed by atoms with van der Waals surface area (Å²) in [7, 11) is 0. The minimum atomic E-state index is -0.280. The smallest absolute Gasteiger partial charge is 0.273 e. The number of nitrogens with one attached hydrogen (secondary N) is 1. The van der Waals surface area contributed by atoms with Crippen LogP contribution < -0.4 is 5.56 Å². The van der Waals surface area contributed by atoms with Crippen LogP contribution in [0.5, 0.6) is 0 Å². The third-order valence-electron chi connectivity index (χ3n) is 4.43. The van der Waals surface area contributed by atoms with E-state index in [1.807, 2.05) is 41.1 Å². The first-order valence-corrected chi connectivity index (χ1v) is 8.62. The molecule has 2 aromatic heterocycles. The van der Waals surface area contributed by atoms with Gasteiger partial charge in [-0.05, 0) is 35.2 Å². The summed E-state index contributed by atoms with van der Waals surface area (Å²) in [5.41, 5.74) is 3.33. The van der Waals surface area contributed by atoms with Gasteiger partial charge < -0.3 is 9.30 Å². The number of hydrogen-bond acceptors (Lipinski definition) is 3. The third-order valence-corrected chi connectivity index (χ3v) is 4.43. The lowest BCUT2D eigenvalue weighted by Crippen LogP contribution is -2.09. The maximum absolute atomic E-state index is 13.1. The van der Waals surface area contributed by atoms with E-state index in [9.17, 15) is 9.18 Å². The number of aromatic nitrogens is 3. The zero-order chi connectivity index (χ0) is 18.6. The molecule has 0 fully saturated rings. The minimum Gasteiger partial charge on any atom is -0.356 e. The molecular formula is C21H18FN3O2. The van der Waals surface area contributed by atoms with E-state index in [-0.39, 0.29) is 11.4 Å². The minimum absolute atomic E-state index is 0.244. The van der Waals surface area contributed by atoms with Gasteiger partial charge in [-0.25, -0.2) is 9.49 Å². The molecule has 2 aromatic carbocycles. The van der Waals surface area contributed by atoms with Crippen molar-refractivity contribution in [2.75, 3.05) is 0 Å². The number of rotatable bonds is 6. The second-order valence-corrected chi connectivity index (χ2v) is 6.35. The Hall–Kier alpha value is -3.25. The van der Waals surface area contributed by atoms with E-state index in [2.05, 4.69) is 10.2 Å². The molecule has 4 rings (SSSR count). The van der Waals surface area contributed by atoms with E-state index in [0.29, 0.717) is 30.7 Å². The lowest BCUT2D eigenvalue weighted by Gasteiger charge is -2.06. The fourth-order valence-corrected chi connectivity index (χ4v) is 3.14. The summed E-state index contributed by atoms with van der Waals surface area (Å²) >= 11 is 0. The highest BCUT2D eigenvalue weighted by Crippen LogP contribution is 2.21. The standard InChI is InChI=1S/C21H18FN3O2/c22-18-8-6-15(7-9-18)10-17-12-25(19-11-23-24-21(26)20(17)19)14-27-13-16-4-2-1-3-5-16/h1-9,11-12H,10,13-14H2,(H,24,26). The van der Waals surface area contributed by atoms with Crippen LogP contribution in [0, 0.1) is 5.82 Å². The van der Waals surface area contributed by atoms with E-state index in [0.717, 1.165) is 16.7 Å². The Morgan fingerprint density at radius 2 is 1.81 bits per heavy atom. The van der Waals surface area contributed by atoms with Gasteiger partial charge in [0.05, 0.1) is 23.7 Å². The summed E-state index contributed by atoms with van der Waals surface area (Å²) in [4.78, 5) is 12.3. The summed E-state index contributed by atoms with van der Waals surface area (Å²) in [6, 6.07) is 16.2. The number of benzene rings is 2. The van der Waals surface area contributed by atoms with Crippen LogP contribution in [-0.2, 0) is 24.5 Å². The van der Waals surface area contributed by atoms with Crippen LogP contribution in [0.3, 0.4) is 0 Å². The molecule has 0 aliphatic rings. The lowest BCUT2D eigenvalue weighted by atomic mass is 10.1. The van der Waals surface area contributed by atoms with Crippen molar-refractivity contribution in [2.45, 2.75) is 19.8 Å². The molecule has 0 atom stereocenters. The number of aromatic amines is 1. The number of nitrogens with zero attached hydrogens (tertiary/aromatic N) is 2. The second kappa shape index (κ2) is 7.55. The van der Waals surface area contributed by atoms with Gasteiger partial charge in [-0.3, -0.25) is 4.79 Å². The average Bonchev–Trinajstić information content (AvgIpc) is 3.03. The number of ether oxygens (including phenoxy) is 1. The SMILES string of the molecule is O=c1[nH]ncc2c1c(Cc1ccc(F)cc1)cn2COCc1ccccc1. The van der Waals surface area contributed by atoms with Crippen LogP contribution in [0.25, 0.3) is 10.9 Å². The van der Waals surface area contributed by atoms with Crippen molar-refractivity contribution in [2.24, 2.45) is 0 Å². The molecule has 0 saturated carbocycles. The third kappa shape index (κ3) is 3.80. The van der Waals surface area contributed by atoms with E-state index >= 15 is 0 Å². The first-order valence-electron chi connectivity index (χ1n) is 8.62. The quantitative estimate of drug-likeness (QED) is 0.569. The Morgan fingerprint density at radius 3 is 2.59 bits per heavy atom. The van der Waals surface area contributed by atoms with Gasteiger partial charge in [0.15, 0.2) is 0 Å². The molecule has 0 aliphatic carbocycles. The van der Waals surface area contributed by atoms with Gasteiger partial charge in [0.2, 0.25) is 0 Å². The van der Waals surface area contributed by atoms with Crippen molar-refractivity contribution in [1.29, 1.82) is 0 Å². The molecule has 0 bridgehead atoms. The van der Waals surface area contributed by atoms with Crippen LogP contribution >= 0.6 is 0 Å². The molecule has 0 unspecified atom stereocenters. The fourth-order valence-electron chi connectivity index (χ4n) is 3.14. The highest BCUT2D eigenvalue weighted by molar-refractivity contribution is 5.82. The zero-order valence-corrected chi connectivity index (χ0v) is 14.6. The summed E-state index contributed by atoms with van der Waals surface area (Å²) in [5.74, 6) is -0.280. The molecule has 6 heteroatoms. The van der Waals surface area contributed by atoms with Gasteiger partial charge in [0, 0.05) is 6.20 Å². The van der Waals surface area contributed by atoms with Crippen molar-refractivity contribution in [3.05, 3.63) is 99.9 Å². The predicted octanol–water partition coefficient (Wildman–Crippen LogP) is 3.63. The Labute approximate surface area is 155 Å². The maximum atomic E-state index is 13.1. The molecule has 2 heterocycles. The van der Waals surface area contributed by atoms with Crippen molar-refractivity contribution in [3.8, 4) is 0 Å². The van der Waals surface area contributed by atoms with Crippen molar-refractivity contribution < 1.29 is 9.13 Å². The Bertz CT molecular complexity index is 1100. The summed E-state index contributed by atoms with van der Waals surface area (Å²) in [5, 5.41) is 6.97. The van der Waals surface area contributed by atoms with Crippen LogP contribution in [0.15, 0.2) is 71.8 Å². The topological polar surface area (TPSA) is 59.9 Å². The molecule has 4 aromatic rings. The van der Waals surface area contributed by atoms with Crippen LogP contribution in [-0.4, -0.2) is 14.8 Å². The van der Waals surface area contributed by atoms with Crippen molar-refractivity contribution in [3.63, 3.8) is 0 Å². The van der Waals surface area contributed by atoms with Gasteiger partial charge in [0.1, 0.15) is 12.5 Å². The highest BCUT2D eigenvalue weighted by Gasteiger charge is 2.13. The first-order chi connectivity index (χ1) is 13.2. The molecule has 0 aliphatic heterocycles. The van der Waals surface area contributed by atoms with E-state index in [4.69, 9.17) is 4.74 Å². The largest absolute Gasteiger partial charge is 0.356 e. The summed E-state index contributed by atoms with van der Waals surface area (Å²) in [6.45, 7) is 0.782. The number of halogens is 1. The molecule has 0 spiro atoms. The van der Waals surface area contributed by atoms with Gasteiger partial charge in [0.25, 0.3) is 5.56 Å². The van der Waals surface area contributed by atoms with Crippen LogP contribution in [0.1, 0.15) is 16.7 Å². The lowest BCUT2D eigenvalue weighted by molar-refractivity contribution is 0.0667. The molecule has 1 N–H and O–H groups in total. The predicted molar refractivity (Wildman–Crippen MR) is 101 cm³/mol. The van der Waals surface area contributed by atoms with E-state index in [1.165, 1.54) is 12.1 Å². The van der Waals surface area contributed by atoms with Crippen LogP contribution in [0.4, 0.5) is 4.39 Å². The van der Waals surface area contributed by atoms with Crippen LogP contribution in [0.2, 0.25) is 0 Å². The van der Waals surface area contributed by atoms with E-state index in [1.54, 1.807) is 18.3 Å². The highest BCUT2D eigenvalue weighted by atomic mass is 19.1. The fraction of sp³-hybridized carbons (Fsp3) is 0.143. The Kier molecular flexibility index (Phi) is 4.80. The molecule has 5 nitrogen and oxygen atoms in total. The Morgan fingerprint density at radius 1 is 1.04 bits per heavy atom.